The molecule has 0 radical (unpaired) electrons. The van der Waals surface area contributed by atoms with E-state index in [1.165, 1.54) is 16.8 Å². The van der Waals surface area contributed by atoms with E-state index in [1.807, 2.05) is 6.92 Å². The molecule has 2 aliphatic heterocycles. The van der Waals surface area contributed by atoms with E-state index in [0.717, 1.165) is 13.0 Å². The van der Waals surface area contributed by atoms with E-state index in [1.54, 1.807) is 0 Å². The molecule has 96 valence electrons. The summed E-state index contributed by atoms with van der Waals surface area (Å²) in [5, 5.41) is 6.30. The molecule has 1 saturated heterocycles. The average Bonchev–Trinajstić information content (AvgIpc) is 2.74. The summed E-state index contributed by atoms with van der Waals surface area (Å²) in [6, 6.07) is 6.76. The summed E-state index contributed by atoms with van der Waals surface area (Å²) in [4.78, 5) is 13.7. The fourth-order valence-electron chi connectivity index (χ4n) is 2.78. The lowest BCUT2D eigenvalue weighted by Gasteiger charge is -2.29. The van der Waals surface area contributed by atoms with Gasteiger partial charge in [-0.15, -0.1) is 0 Å². The van der Waals surface area contributed by atoms with Crippen molar-refractivity contribution in [2.45, 2.75) is 25.4 Å². The summed E-state index contributed by atoms with van der Waals surface area (Å²) in [5.41, 5.74) is 4.02. The highest BCUT2D eigenvalue weighted by atomic mass is 16.2. The van der Waals surface area contributed by atoms with Gasteiger partial charge in [-0.25, -0.2) is 0 Å². The van der Waals surface area contributed by atoms with Crippen LogP contribution in [-0.4, -0.2) is 32.1 Å². The molecule has 2 atom stereocenters. The standard InChI is InChI=1S/C14H19N3O/c1-9-14(18)15-8-12(16-9)11-4-3-10-5-6-17(2)13(10)7-11/h3-4,7,9,12,16H,5-6,8H2,1-2H3,(H,15,18)/t9-,12?/m0/s1. The first-order chi connectivity index (χ1) is 8.65. The average molecular weight is 245 g/mol. The van der Waals surface area contributed by atoms with Gasteiger partial charge in [-0.2, -0.15) is 0 Å². The first-order valence-corrected chi connectivity index (χ1v) is 6.53. The minimum absolute atomic E-state index is 0.0875. The Morgan fingerprint density at radius 2 is 2.22 bits per heavy atom. The van der Waals surface area contributed by atoms with Crippen molar-refractivity contribution in [1.29, 1.82) is 0 Å². The third kappa shape index (κ3) is 1.86. The van der Waals surface area contributed by atoms with E-state index in [9.17, 15) is 4.79 Å². The summed E-state index contributed by atoms with van der Waals surface area (Å²) in [6.45, 7) is 3.68. The van der Waals surface area contributed by atoms with E-state index in [0.29, 0.717) is 6.54 Å². The molecule has 1 unspecified atom stereocenters. The lowest BCUT2D eigenvalue weighted by Crippen LogP contribution is -2.52. The fourth-order valence-corrected chi connectivity index (χ4v) is 2.78. The van der Waals surface area contributed by atoms with Gasteiger partial charge in [0.1, 0.15) is 0 Å². The molecule has 1 amide bonds. The quantitative estimate of drug-likeness (QED) is 0.770. The zero-order valence-corrected chi connectivity index (χ0v) is 10.9. The van der Waals surface area contributed by atoms with Crippen molar-refractivity contribution in [3.8, 4) is 0 Å². The van der Waals surface area contributed by atoms with E-state index in [4.69, 9.17) is 0 Å². The molecular formula is C14H19N3O. The summed E-state index contributed by atoms with van der Waals surface area (Å²) in [5.74, 6) is 0.0875. The van der Waals surface area contributed by atoms with Crippen molar-refractivity contribution < 1.29 is 4.79 Å². The van der Waals surface area contributed by atoms with E-state index in [-0.39, 0.29) is 18.0 Å². The highest BCUT2D eigenvalue weighted by Crippen LogP contribution is 2.30. The van der Waals surface area contributed by atoms with Gasteiger partial charge in [0.15, 0.2) is 0 Å². The molecule has 4 heteroatoms. The Labute approximate surface area is 107 Å². The number of likely N-dealkylation sites (N-methyl/N-ethyl adjacent to an activating group) is 1. The number of carbonyl (C=O) groups excluding carboxylic acids is 1. The third-order valence-electron chi connectivity index (χ3n) is 3.96. The van der Waals surface area contributed by atoms with Crippen molar-refractivity contribution in [3.63, 3.8) is 0 Å². The van der Waals surface area contributed by atoms with Crippen LogP contribution in [0.4, 0.5) is 5.69 Å². The van der Waals surface area contributed by atoms with Gasteiger partial charge in [-0.05, 0) is 30.5 Å². The number of amides is 1. The van der Waals surface area contributed by atoms with Gasteiger partial charge in [0.2, 0.25) is 5.91 Å². The number of fused-ring (bicyclic) bond motifs is 1. The van der Waals surface area contributed by atoms with Crippen LogP contribution < -0.4 is 15.5 Å². The van der Waals surface area contributed by atoms with Crippen molar-refractivity contribution in [3.05, 3.63) is 29.3 Å². The van der Waals surface area contributed by atoms with Crippen molar-refractivity contribution in [1.82, 2.24) is 10.6 Å². The molecule has 0 spiro atoms. The third-order valence-corrected chi connectivity index (χ3v) is 3.96. The Hall–Kier alpha value is -1.55. The topological polar surface area (TPSA) is 44.4 Å². The van der Waals surface area contributed by atoms with E-state index in [2.05, 4.69) is 40.8 Å². The van der Waals surface area contributed by atoms with E-state index < -0.39 is 0 Å². The number of benzene rings is 1. The maximum atomic E-state index is 11.4. The molecule has 2 aliphatic rings. The zero-order valence-electron chi connectivity index (χ0n) is 10.9. The number of piperazine rings is 1. The molecular weight excluding hydrogens is 226 g/mol. The van der Waals surface area contributed by atoms with Gasteiger partial charge in [0, 0.05) is 25.8 Å². The molecule has 0 saturated carbocycles. The second-order valence-electron chi connectivity index (χ2n) is 5.25. The van der Waals surface area contributed by atoms with Crippen LogP contribution >= 0.6 is 0 Å². The molecule has 0 aromatic heterocycles. The molecule has 0 bridgehead atoms. The smallest absolute Gasteiger partial charge is 0.236 e. The largest absolute Gasteiger partial charge is 0.374 e. The Kier molecular flexibility index (Phi) is 2.74. The second-order valence-corrected chi connectivity index (χ2v) is 5.25. The molecule has 4 nitrogen and oxygen atoms in total. The van der Waals surface area contributed by atoms with Gasteiger partial charge in [0.05, 0.1) is 12.1 Å². The SMILES string of the molecule is C[C@@H]1NC(c2ccc3c(c2)N(C)CC3)CNC1=O. The second kappa shape index (κ2) is 4.28. The number of anilines is 1. The normalized spacial score (nSPS) is 27.0. The predicted octanol–water partition coefficient (Wildman–Crippen LogP) is 0.828. The lowest BCUT2D eigenvalue weighted by molar-refractivity contribution is -0.124. The van der Waals surface area contributed by atoms with Crippen LogP contribution in [0, 0.1) is 0 Å². The number of rotatable bonds is 1. The first kappa shape index (κ1) is 11.5. The molecule has 2 heterocycles. The maximum Gasteiger partial charge on any atom is 0.236 e. The van der Waals surface area contributed by atoms with Crippen molar-refractivity contribution in [2.75, 3.05) is 25.0 Å². The first-order valence-electron chi connectivity index (χ1n) is 6.53. The number of hydrogen-bond acceptors (Lipinski definition) is 3. The van der Waals surface area contributed by atoms with Gasteiger partial charge >= 0.3 is 0 Å². The number of hydrogen-bond donors (Lipinski definition) is 2. The van der Waals surface area contributed by atoms with Crippen LogP contribution in [0.25, 0.3) is 0 Å². The molecule has 18 heavy (non-hydrogen) atoms. The van der Waals surface area contributed by atoms with Crippen LogP contribution in [-0.2, 0) is 11.2 Å². The van der Waals surface area contributed by atoms with Gasteiger partial charge in [-0.3, -0.25) is 10.1 Å². The minimum Gasteiger partial charge on any atom is -0.374 e. The van der Waals surface area contributed by atoms with Crippen LogP contribution in [0.1, 0.15) is 24.1 Å². The Bertz CT molecular complexity index is 486. The van der Waals surface area contributed by atoms with Crippen LogP contribution in [0.3, 0.4) is 0 Å². The van der Waals surface area contributed by atoms with Gasteiger partial charge in [0.25, 0.3) is 0 Å². The zero-order chi connectivity index (χ0) is 12.7. The molecule has 0 aliphatic carbocycles. The fraction of sp³-hybridized carbons (Fsp3) is 0.500. The minimum atomic E-state index is -0.116. The number of carbonyl (C=O) groups is 1. The Morgan fingerprint density at radius 1 is 1.39 bits per heavy atom. The summed E-state index contributed by atoms with van der Waals surface area (Å²) in [6.07, 6.45) is 1.14. The Balaban J connectivity index is 1.85. The maximum absolute atomic E-state index is 11.4. The van der Waals surface area contributed by atoms with Crippen molar-refractivity contribution >= 4 is 11.6 Å². The van der Waals surface area contributed by atoms with Gasteiger partial charge < -0.3 is 10.2 Å². The molecule has 1 aromatic rings. The molecule has 1 fully saturated rings. The molecule has 3 rings (SSSR count). The number of nitrogens with zero attached hydrogens (tertiary/aromatic N) is 1. The molecule has 1 aromatic carbocycles. The number of nitrogens with one attached hydrogen (secondary N) is 2. The highest BCUT2D eigenvalue weighted by Gasteiger charge is 2.26. The monoisotopic (exact) mass is 245 g/mol. The highest BCUT2D eigenvalue weighted by molar-refractivity contribution is 5.82. The lowest BCUT2D eigenvalue weighted by atomic mass is 10.0. The summed E-state index contributed by atoms with van der Waals surface area (Å²) < 4.78 is 0. The van der Waals surface area contributed by atoms with Crippen LogP contribution in [0.2, 0.25) is 0 Å². The van der Waals surface area contributed by atoms with Crippen molar-refractivity contribution in [2.24, 2.45) is 0 Å². The summed E-state index contributed by atoms with van der Waals surface area (Å²) in [7, 11) is 2.13. The van der Waals surface area contributed by atoms with Crippen LogP contribution in [0.5, 0.6) is 0 Å². The van der Waals surface area contributed by atoms with E-state index >= 15 is 0 Å². The molecule has 2 N–H and O–H groups in total. The Morgan fingerprint density at radius 3 is 3.00 bits per heavy atom. The van der Waals surface area contributed by atoms with Gasteiger partial charge in [-0.1, -0.05) is 12.1 Å². The predicted molar refractivity (Wildman–Crippen MR) is 71.8 cm³/mol. The van der Waals surface area contributed by atoms with Crippen LogP contribution in [0.15, 0.2) is 18.2 Å². The summed E-state index contributed by atoms with van der Waals surface area (Å²) >= 11 is 0.